The molecule has 0 saturated heterocycles. The summed E-state index contributed by atoms with van der Waals surface area (Å²) in [6.45, 7) is 0. The van der Waals surface area contributed by atoms with Crippen LogP contribution in [0.25, 0.3) is 98.8 Å². The SMILES string of the molecule is c1ccc(-n2c3ccccc3c3cc4c(cc32)c2ccccc2n4-c2ccc(-c3cccc4c3oc3ccc5ccccc5c34)cc2)cc1. The van der Waals surface area contributed by atoms with Crippen LogP contribution in [0.3, 0.4) is 0 Å². The van der Waals surface area contributed by atoms with E-state index in [9.17, 15) is 0 Å². The molecule has 3 heteroatoms. The summed E-state index contributed by atoms with van der Waals surface area (Å²) < 4.78 is 11.4. The van der Waals surface area contributed by atoms with Gasteiger partial charge >= 0.3 is 0 Å². The minimum atomic E-state index is 0.919. The number of fused-ring (bicyclic) bond motifs is 11. The molecule has 8 aromatic carbocycles. The Morgan fingerprint density at radius 2 is 0.939 bits per heavy atom. The first-order valence-electron chi connectivity index (χ1n) is 16.8. The highest BCUT2D eigenvalue weighted by Gasteiger charge is 2.19. The number of hydrogen-bond donors (Lipinski definition) is 0. The molecular formula is C46H28N2O. The second-order valence-corrected chi connectivity index (χ2v) is 12.9. The summed E-state index contributed by atoms with van der Waals surface area (Å²) >= 11 is 0. The van der Waals surface area contributed by atoms with Gasteiger partial charge in [0.05, 0.1) is 22.1 Å². The third kappa shape index (κ3) is 3.73. The Hall–Kier alpha value is -6.58. The molecule has 0 aliphatic rings. The minimum absolute atomic E-state index is 0.919. The van der Waals surface area contributed by atoms with E-state index in [-0.39, 0.29) is 0 Å². The second kappa shape index (κ2) is 9.96. The molecule has 0 atom stereocenters. The first-order valence-corrected chi connectivity index (χ1v) is 16.8. The van der Waals surface area contributed by atoms with Gasteiger partial charge in [0.15, 0.2) is 0 Å². The Labute approximate surface area is 281 Å². The van der Waals surface area contributed by atoms with Crippen molar-refractivity contribution in [3.8, 4) is 22.5 Å². The number of para-hydroxylation sites is 4. The van der Waals surface area contributed by atoms with Gasteiger partial charge in [-0.15, -0.1) is 0 Å². The zero-order valence-electron chi connectivity index (χ0n) is 26.5. The van der Waals surface area contributed by atoms with Gasteiger partial charge in [0, 0.05) is 49.3 Å². The van der Waals surface area contributed by atoms with Crippen LogP contribution in [0.4, 0.5) is 0 Å². The second-order valence-electron chi connectivity index (χ2n) is 12.9. The molecule has 0 saturated carbocycles. The summed E-state index contributed by atoms with van der Waals surface area (Å²) in [5.74, 6) is 0. The number of furan rings is 1. The molecule has 0 fully saturated rings. The van der Waals surface area contributed by atoms with Crippen molar-refractivity contribution >= 4 is 76.3 Å². The fourth-order valence-corrected chi connectivity index (χ4v) is 8.15. The average Bonchev–Trinajstić information content (AvgIpc) is 3.82. The Bertz CT molecular complexity index is 3090. The lowest BCUT2D eigenvalue weighted by atomic mass is 10.00. The van der Waals surface area contributed by atoms with Crippen LogP contribution in [-0.2, 0) is 0 Å². The van der Waals surface area contributed by atoms with Gasteiger partial charge < -0.3 is 13.6 Å². The molecule has 3 aromatic heterocycles. The van der Waals surface area contributed by atoms with Gasteiger partial charge in [-0.1, -0.05) is 115 Å². The summed E-state index contributed by atoms with van der Waals surface area (Å²) in [6.07, 6.45) is 0. The maximum atomic E-state index is 6.57. The molecule has 0 spiro atoms. The molecule has 0 radical (unpaired) electrons. The lowest BCUT2D eigenvalue weighted by molar-refractivity contribution is 0.670. The Balaban J connectivity index is 1.12. The molecule has 228 valence electrons. The summed E-state index contributed by atoms with van der Waals surface area (Å²) in [7, 11) is 0. The first kappa shape index (κ1) is 26.5. The van der Waals surface area contributed by atoms with Gasteiger partial charge in [0.2, 0.25) is 0 Å². The van der Waals surface area contributed by atoms with Gasteiger partial charge in [-0.25, -0.2) is 0 Å². The van der Waals surface area contributed by atoms with Crippen LogP contribution < -0.4 is 0 Å². The molecule has 11 rings (SSSR count). The molecule has 49 heavy (non-hydrogen) atoms. The molecule has 0 amide bonds. The van der Waals surface area contributed by atoms with E-state index >= 15 is 0 Å². The zero-order valence-corrected chi connectivity index (χ0v) is 26.5. The molecule has 3 nitrogen and oxygen atoms in total. The number of aromatic nitrogens is 2. The van der Waals surface area contributed by atoms with Crippen LogP contribution in [0, 0.1) is 0 Å². The number of nitrogens with zero attached hydrogens (tertiary/aromatic N) is 2. The molecular weight excluding hydrogens is 597 g/mol. The van der Waals surface area contributed by atoms with E-state index in [1.807, 2.05) is 0 Å². The van der Waals surface area contributed by atoms with Crippen molar-refractivity contribution in [3.63, 3.8) is 0 Å². The van der Waals surface area contributed by atoms with Crippen LogP contribution in [0.1, 0.15) is 0 Å². The molecule has 3 heterocycles. The third-order valence-electron chi connectivity index (χ3n) is 10.3. The summed E-state index contributed by atoms with van der Waals surface area (Å²) in [5.41, 5.74) is 11.2. The Kier molecular flexibility index (Phi) is 5.38. The lowest BCUT2D eigenvalue weighted by Gasteiger charge is -2.10. The molecule has 0 N–H and O–H groups in total. The van der Waals surface area contributed by atoms with Crippen molar-refractivity contribution in [1.82, 2.24) is 9.13 Å². The van der Waals surface area contributed by atoms with Crippen molar-refractivity contribution in [2.24, 2.45) is 0 Å². The number of rotatable bonds is 3. The minimum Gasteiger partial charge on any atom is -0.455 e. The predicted molar refractivity (Wildman–Crippen MR) is 205 cm³/mol. The van der Waals surface area contributed by atoms with Gasteiger partial charge in [0.1, 0.15) is 11.2 Å². The van der Waals surface area contributed by atoms with Crippen molar-refractivity contribution in [2.45, 2.75) is 0 Å². The van der Waals surface area contributed by atoms with Crippen LogP contribution in [0.15, 0.2) is 174 Å². The van der Waals surface area contributed by atoms with Gasteiger partial charge in [-0.2, -0.15) is 0 Å². The molecule has 0 bridgehead atoms. The van der Waals surface area contributed by atoms with Gasteiger partial charge in [-0.3, -0.25) is 0 Å². The van der Waals surface area contributed by atoms with Crippen LogP contribution in [-0.4, -0.2) is 9.13 Å². The summed E-state index contributed by atoms with van der Waals surface area (Å²) in [6, 6.07) is 61.2. The van der Waals surface area contributed by atoms with Crippen molar-refractivity contribution in [1.29, 1.82) is 0 Å². The average molecular weight is 625 g/mol. The van der Waals surface area contributed by atoms with Crippen LogP contribution in [0.5, 0.6) is 0 Å². The van der Waals surface area contributed by atoms with Crippen molar-refractivity contribution in [2.75, 3.05) is 0 Å². The summed E-state index contributed by atoms with van der Waals surface area (Å²) in [4.78, 5) is 0. The largest absolute Gasteiger partial charge is 0.455 e. The monoisotopic (exact) mass is 624 g/mol. The zero-order chi connectivity index (χ0) is 32.1. The quantitative estimate of drug-likeness (QED) is 0.192. The van der Waals surface area contributed by atoms with Crippen LogP contribution >= 0.6 is 0 Å². The normalized spacial score (nSPS) is 12.1. The molecule has 0 unspecified atom stereocenters. The van der Waals surface area contributed by atoms with Crippen LogP contribution in [0.2, 0.25) is 0 Å². The van der Waals surface area contributed by atoms with E-state index in [2.05, 4.69) is 179 Å². The highest BCUT2D eigenvalue weighted by atomic mass is 16.3. The summed E-state index contributed by atoms with van der Waals surface area (Å²) in [5, 5.41) is 9.75. The van der Waals surface area contributed by atoms with E-state index in [0.29, 0.717) is 0 Å². The fourth-order valence-electron chi connectivity index (χ4n) is 8.15. The maximum absolute atomic E-state index is 6.57. The maximum Gasteiger partial charge on any atom is 0.143 e. The molecule has 0 aliphatic carbocycles. The van der Waals surface area contributed by atoms with E-state index in [0.717, 1.165) is 33.4 Å². The highest BCUT2D eigenvalue weighted by Crippen LogP contribution is 2.41. The topological polar surface area (TPSA) is 23.0 Å². The molecule has 0 aliphatic heterocycles. The van der Waals surface area contributed by atoms with E-state index in [4.69, 9.17) is 4.42 Å². The molecule has 11 aromatic rings. The predicted octanol–water partition coefficient (Wildman–Crippen LogP) is 12.6. The highest BCUT2D eigenvalue weighted by molar-refractivity contribution is 6.21. The number of hydrogen-bond acceptors (Lipinski definition) is 1. The third-order valence-corrected chi connectivity index (χ3v) is 10.3. The smallest absolute Gasteiger partial charge is 0.143 e. The van der Waals surface area contributed by atoms with Gasteiger partial charge in [-0.05, 0) is 70.9 Å². The lowest BCUT2D eigenvalue weighted by Crippen LogP contribution is -1.94. The van der Waals surface area contributed by atoms with Crippen molar-refractivity contribution in [3.05, 3.63) is 170 Å². The first-order chi connectivity index (χ1) is 24.3. The van der Waals surface area contributed by atoms with Gasteiger partial charge in [0.25, 0.3) is 0 Å². The Morgan fingerprint density at radius 1 is 0.367 bits per heavy atom. The van der Waals surface area contributed by atoms with E-state index < -0.39 is 0 Å². The number of benzene rings is 8. The van der Waals surface area contributed by atoms with E-state index in [1.165, 1.54) is 65.5 Å². The van der Waals surface area contributed by atoms with Crippen molar-refractivity contribution < 1.29 is 4.42 Å². The van der Waals surface area contributed by atoms with E-state index in [1.54, 1.807) is 0 Å². The fraction of sp³-hybridized carbons (Fsp3) is 0. The standard InChI is InChI=1S/C46H28N2O/c1-2-12-31(13-3-1)47-40-19-8-6-15-35(40)38-28-43-39(27-42(38)47)36-16-7-9-20-41(36)48(43)32-24-21-30(22-25-32)34-17-10-18-37-45-33-14-5-4-11-29(33)23-26-44(45)49-46(34)37/h1-28H. The Morgan fingerprint density at radius 3 is 1.63 bits per heavy atom.